The number of piperidine rings is 1. The van der Waals surface area contributed by atoms with Crippen LogP contribution in [0.2, 0.25) is 0 Å². The van der Waals surface area contributed by atoms with Gasteiger partial charge in [-0.05, 0) is 59.9 Å². The van der Waals surface area contributed by atoms with Crippen LogP contribution in [0.25, 0.3) is 0 Å². The molecule has 0 atom stereocenters. The van der Waals surface area contributed by atoms with Gasteiger partial charge in [-0.3, -0.25) is 4.79 Å². The molecule has 4 nitrogen and oxygen atoms in total. The van der Waals surface area contributed by atoms with Crippen molar-refractivity contribution in [3.05, 3.63) is 0 Å². The van der Waals surface area contributed by atoms with E-state index in [4.69, 9.17) is 5.73 Å². The zero-order chi connectivity index (χ0) is 15.3. The Bertz CT molecular complexity index is 301. The molecule has 0 aromatic carbocycles. The maximum atomic E-state index is 12.1. The topological polar surface area (TPSA) is 49.6 Å². The first-order valence-electron chi connectivity index (χ1n) is 7.96. The molecule has 1 rings (SSSR count). The van der Waals surface area contributed by atoms with Crippen LogP contribution in [0.3, 0.4) is 0 Å². The molecule has 0 unspecified atom stereocenters. The van der Waals surface area contributed by atoms with Crippen LogP contribution in [0.4, 0.5) is 0 Å². The van der Waals surface area contributed by atoms with Gasteiger partial charge in [0.05, 0.1) is 0 Å². The van der Waals surface area contributed by atoms with E-state index in [9.17, 15) is 4.79 Å². The molecule has 118 valence electrons. The highest BCUT2D eigenvalue weighted by Gasteiger charge is 2.24. The number of nitrogens with zero attached hydrogens (tertiary/aromatic N) is 2. The summed E-state index contributed by atoms with van der Waals surface area (Å²) >= 11 is 0. The third kappa shape index (κ3) is 6.23. The van der Waals surface area contributed by atoms with E-state index in [0.29, 0.717) is 12.5 Å². The minimum atomic E-state index is -0.242. The van der Waals surface area contributed by atoms with Crippen molar-refractivity contribution in [2.24, 2.45) is 11.7 Å². The van der Waals surface area contributed by atoms with Crippen molar-refractivity contribution in [3.8, 4) is 0 Å². The van der Waals surface area contributed by atoms with Gasteiger partial charge in [0.2, 0.25) is 5.91 Å². The molecule has 0 aliphatic carbocycles. The Labute approximate surface area is 124 Å². The number of hydrogen-bond acceptors (Lipinski definition) is 3. The molecule has 0 aromatic heterocycles. The minimum Gasteiger partial charge on any atom is -0.343 e. The molecule has 1 fully saturated rings. The van der Waals surface area contributed by atoms with Crippen molar-refractivity contribution in [3.63, 3.8) is 0 Å². The third-order valence-electron chi connectivity index (χ3n) is 4.38. The van der Waals surface area contributed by atoms with Crippen molar-refractivity contribution in [1.29, 1.82) is 0 Å². The molecular formula is C16H33N3O. The lowest BCUT2D eigenvalue weighted by molar-refractivity contribution is -0.133. The lowest BCUT2D eigenvalue weighted by atomic mass is 9.94. The minimum absolute atomic E-state index is 0.242. The fraction of sp³-hybridized carbons (Fsp3) is 0.938. The number of likely N-dealkylation sites (tertiary alicyclic amines) is 1. The van der Waals surface area contributed by atoms with Gasteiger partial charge < -0.3 is 15.5 Å². The number of carbonyl (C=O) groups excluding carboxylic acids is 1. The van der Waals surface area contributed by atoms with Gasteiger partial charge >= 0.3 is 0 Å². The Morgan fingerprint density at radius 2 is 1.90 bits per heavy atom. The fourth-order valence-corrected chi connectivity index (χ4v) is 2.57. The van der Waals surface area contributed by atoms with Crippen molar-refractivity contribution < 1.29 is 4.79 Å². The Morgan fingerprint density at radius 3 is 2.35 bits per heavy atom. The van der Waals surface area contributed by atoms with Crippen LogP contribution >= 0.6 is 0 Å². The highest BCUT2D eigenvalue weighted by Crippen LogP contribution is 2.20. The zero-order valence-corrected chi connectivity index (χ0v) is 14.0. The standard InChI is InChI=1S/C16H33N3O/c1-13(2)18(5)12-14-7-10-19(11-8-14)15(20)6-9-16(3,4)17/h13-14H,6-12,17H2,1-5H3. The first-order chi connectivity index (χ1) is 9.19. The summed E-state index contributed by atoms with van der Waals surface area (Å²) in [4.78, 5) is 16.6. The van der Waals surface area contributed by atoms with Crippen LogP contribution < -0.4 is 5.73 Å². The van der Waals surface area contributed by atoms with Crippen molar-refractivity contribution in [2.75, 3.05) is 26.7 Å². The second kappa shape index (κ2) is 7.41. The predicted octanol–water partition coefficient (Wildman–Crippen LogP) is 2.08. The summed E-state index contributed by atoms with van der Waals surface area (Å²) in [5.74, 6) is 1.01. The molecule has 0 saturated carbocycles. The first-order valence-corrected chi connectivity index (χ1v) is 7.96. The van der Waals surface area contributed by atoms with Gasteiger partial charge in [-0.1, -0.05) is 0 Å². The lowest BCUT2D eigenvalue weighted by Gasteiger charge is -2.35. The number of amides is 1. The molecule has 2 N–H and O–H groups in total. The highest BCUT2D eigenvalue weighted by atomic mass is 16.2. The Kier molecular flexibility index (Phi) is 6.46. The number of hydrogen-bond donors (Lipinski definition) is 1. The predicted molar refractivity (Wildman–Crippen MR) is 84.6 cm³/mol. The van der Waals surface area contributed by atoms with E-state index in [-0.39, 0.29) is 11.4 Å². The lowest BCUT2D eigenvalue weighted by Crippen LogP contribution is -2.43. The molecule has 4 heteroatoms. The maximum absolute atomic E-state index is 12.1. The zero-order valence-electron chi connectivity index (χ0n) is 14.0. The maximum Gasteiger partial charge on any atom is 0.222 e. The highest BCUT2D eigenvalue weighted by molar-refractivity contribution is 5.76. The summed E-state index contributed by atoms with van der Waals surface area (Å²) in [6.07, 6.45) is 3.62. The van der Waals surface area contributed by atoms with Gasteiger partial charge in [0.15, 0.2) is 0 Å². The van der Waals surface area contributed by atoms with Crippen LogP contribution in [0, 0.1) is 5.92 Å². The molecule has 20 heavy (non-hydrogen) atoms. The summed E-state index contributed by atoms with van der Waals surface area (Å²) in [6.45, 7) is 11.4. The monoisotopic (exact) mass is 283 g/mol. The molecule has 0 bridgehead atoms. The number of carbonyl (C=O) groups is 1. The molecule has 1 saturated heterocycles. The van der Waals surface area contributed by atoms with Crippen LogP contribution in [0.5, 0.6) is 0 Å². The van der Waals surface area contributed by atoms with Crippen LogP contribution in [0.15, 0.2) is 0 Å². The van der Waals surface area contributed by atoms with E-state index in [1.165, 1.54) is 0 Å². The molecule has 0 radical (unpaired) electrons. The van der Waals surface area contributed by atoms with Crippen molar-refractivity contribution in [1.82, 2.24) is 9.80 Å². The average molecular weight is 283 g/mol. The summed E-state index contributed by atoms with van der Waals surface area (Å²) in [6, 6.07) is 0.599. The van der Waals surface area contributed by atoms with E-state index in [2.05, 4.69) is 25.8 Å². The summed E-state index contributed by atoms with van der Waals surface area (Å²) < 4.78 is 0. The Hall–Kier alpha value is -0.610. The largest absolute Gasteiger partial charge is 0.343 e. The molecular weight excluding hydrogens is 250 g/mol. The van der Waals surface area contributed by atoms with Gasteiger partial charge in [0, 0.05) is 37.6 Å². The first kappa shape index (κ1) is 17.4. The fourth-order valence-electron chi connectivity index (χ4n) is 2.57. The van der Waals surface area contributed by atoms with E-state index in [1.807, 2.05) is 18.7 Å². The third-order valence-corrected chi connectivity index (χ3v) is 4.38. The summed E-state index contributed by atoms with van der Waals surface area (Å²) in [5.41, 5.74) is 5.70. The van der Waals surface area contributed by atoms with Crippen LogP contribution in [0.1, 0.15) is 53.4 Å². The normalized spacial score (nSPS) is 18.1. The molecule has 0 aromatic rings. The molecule has 1 aliphatic rings. The summed E-state index contributed by atoms with van der Waals surface area (Å²) in [7, 11) is 2.19. The molecule has 1 heterocycles. The molecule has 0 spiro atoms. The quantitative estimate of drug-likeness (QED) is 0.812. The Balaban J connectivity index is 2.29. The van der Waals surface area contributed by atoms with E-state index in [1.54, 1.807) is 0 Å². The molecule has 1 aliphatic heterocycles. The van der Waals surface area contributed by atoms with Crippen molar-refractivity contribution >= 4 is 5.91 Å². The van der Waals surface area contributed by atoms with E-state index < -0.39 is 0 Å². The van der Waals surface area contributed by atoms with Gasteiger partial charge in [-0.2, -0.15) is 0 Å². The SMILES string of the molecule is CC(C)N(C)CC1CCN(C(=O)CCC(C)(C)N)CC1. The second-order valence-corrected chi connectivity index (χ2v) is 7.35. The van der Waals surface area contributed by atoms with Gasteiger partial charge in [-0.25, -0.2) is 0 Å². The van der Waals surface area contributed by atoms with Crippen LogP contribution in [-0.2, 0) is 4.79 Å². The number of nitrogens with two attached hydrogens (primary N) is 1. The van der Waals surface area contributed by atoms with Crippen molar-refractivity contribution in [2.45, 2.75) is 65.0 Å². The van der Waals surface area contributed by atoms with Crippen LogP contribution in [-0.4, -0.2) is 54.0 Å². The van der Waals surface area contributed by atoms with E-state index in [0.717, 1.165) is 44.8 Å². The smallest absolute Gasteiger partial charge is 0.222 e. The summed E-state index contributed by atoms with van der Waals surface area (Å²) in [5, 5.41) is 0. The second-order valence-electron chi connectivity index (χ2n) is 7.35. The Morgan fingerprint density at radius 1 is 1.35 bits per heavy atom. The van der Waals surface area contributed by atoms with Gasteiger partial charge in [-0.15, -0.1) is 0 Å². The van der Waals surface area contributed by atoms with Gasteiger partial charge in [0.25, 0.3) is 0 Å². The average Bonchev–Trinajstić information content (AvgIpc) is 2.35. The molecule has 1 amide bonds. The van der Waals surface area contributed by atoms with Gasteiger partial charge in [0.1, 0.15) is 0 Å². The van der Waals surface area contributed by atoms with E-state index >= 15 is 0 Å². The number of rotatable bonds is 6.